The fraction of sp³-hybridized carbons (Fsp3) is 0.222. The Morgan fingerprint density at radius 1 is 1.30 bits per heavy atom. The van der Waals surface area contributed by atoms with Crippen molar-refractivity contribution in [3.63, 3.8) is 0 Å². The number of aromatic amines is 1. The number of amides is 2. The Morgan fingerprint density at radius 2 is 2.07 bits per heavy atom. The van der Waals surface area contributed by atoms with E-state index in [1.54, 1.807) is 18.2 Å². The highest BCUT2D eigenvalue weighted by Gasteiger charge is 2.27. The molecule has 4 N–H and O–H groups in total. The zero-order chi connectivity index (χ0) is 19.3. The van der Waals surface area contributed by atoms with Crippen molar-refractivity contribution in [1.82, 2.24) is 9.88 Å². The molecule has 0 spiro atoms. The maximum absolute atomic E-state index is 12.8. The summed E-state index contributed by atoms with van der Waals surface area (Å²) in [6.45, 7) is 1.58. The number of primary amides is 1. The molecule has 0 aliphatic carbocycles. The van der Waals surface area contributed by atoms with E-state index in [4.69, 9.17) is 28.9 Å². The average molecular weight is 423 g/mol. The van der Waals surface area contributed by atoms with Gasteiger partial charge in [-0.15, -0.1) is 11.3 Å². The van der Waals surface area contributed by atoms with Gasteiger partial charge in [-0.05, 0) is 37.2 Å². The minimum Gasteiger partial charge on any atom is -0.365 e. The Morgan fingerprint density at radius 3 is 2.81 bits per heavy atom. The monoisotopic (exact) mass is 422 g/mol. The van der Waals surface area contributed by atoms with Crippen molar-refractivity contribution in [2.75, 3.05) is 18.9 Å². The second-order valence-electron chi connectivity index (χ2n) is 6.55. The van der Waals surface area contributed by atoms with Gasteiger partial charge in [-0.3, -0.25) is 9.59 Å². The van der Waals surface area contributed by atoms with Gasteiger partial charge in [0.2, 0.25) is 0 Å². The summed E-state index contributed by atoms with van der Waals surface area (Å²) in [5.74, 6) is -0.897. The van der Waals surface area contributed by atoms with Gasteiger partial charge in [0.05, 0.1) is 10.6 Å². The minimum atomic E-state index is -0.529. The van der Waals surface area contributed by atoms with Gasteiger partial charge in [0.1, 0.15) is 10.7 Å². The van der Waals surface area contributed by atoms with E-state index in [9.17, 15) is 9.59 Å². The molecular formula is C18H16Cl2N4O2S. The maximum Gasteiger partial charge on any atom is 0.272 e. The molecule has 2 aromatic heterocycles. The SMILES string of the molecule is CN1CCc2c(sc(NC(=O)c3cc4c(Cl)cc(Cl)cc4[nH]3)c2C(N)=O)C1. The number of fused-ring (bicyclic) bond motifs is 2. The molecule has 2 amide bonds. The summed E-state index contributed by atoms with van der Waals surface area (Å²) in [6, 6.07) is 4.98. The smallest absolute Gasteiger partial charge is 0.272 e. The van der Waals surface area contributed by atoms with Gasteiger partial charge >= 0.3 is 0 Å². The molecule has 140 valence electrons. The fourth-order valence-corrected chi connectivity index (χ4v) is 5.21. The number of likely N-dealkylation sites (N-methyl/N-ethyl adjacent to an activating group) is 1. The van der Waals surface area contributed by atoms with E-state index in [-0.39, 0.29) is 5.91 Å². The first-order valence-corrected chi connectivity index (χ1v) is 9.82. The normalized spacial score (nSPS) is 14.3. The number of nitrogens with one attached hydrogen (secondary N) is 2. The van der Waals surface area contributed by atoms with Crippen molar-refractivity contribution in [3.05, 3.63) is 49.9 Å². The number of aromatic nitrogens is 1. The lowest BCUT2D eigenvalue weighted by Crippen LogP contribution is -2.27. The number of anilines is 1. The van der Waals surface area contributed by atoms with E-state index < -0.39 is 5.91 Å². The molecule has 3 aromatic rings. The first-order valence-electron chi connectivity index (χ1n) is 8.25. The molecule has 0 radical (unpaired) electrons. The van der Waals surface area contributed by atoms with Crippen LogP contribution in [0.2, 0.25) is 10.0 Å². The van der Waals surface area contributed by atoms with Crippen LogP contribution in [0.3, 0.4) is 0 Å². The first kappa shape index (κ1) is 18.3. The molecule has 0 saturated carbocycles. The summed E-state index contributed by atoms with van der Waals surface area (Å²) in [4.78, 5) is 31.0. The lowest BCUT2D eigenvalue weighted by molar-refractivity contribution is 0.1000. The number of H-pyrrole nitrogens is 1. The molecule has 4 rings (SSSR count). The van der Waals surface area contributed by atoms with E-state index in [0.29, 0.717) is 37.2 Å². The van der Waals surface area contributed by atoms with E-state index in [2.05, 4.69) is 15.2 Å². The molecule has 1 aromatic carbocycles. The van der Waals surface area contributed by atoms with E-state index in [0.717, 1.165) is 30.0 Å². The van der Waals surface area contributed by atoms with Crippen LogP contribution in [0.5, 0.6) is 0 Å². The summed E-state index contributed by atoms with van der Waals surface area (Å²) >= 11 is 13.6. The molecule has 0 saturated heterocycles. The number of nitrogens with zero attached hydrogens (tertiary/aromatic N) is 1. The van der Waals surface area contributed by atoms with Crippen molar-refractivity contribution in [3.8, 4) is 0 Å². The Hall–Kier alpha value is -2.06. The Kier molecular flexibility index (Phi) is 4.63. The third-order valence-electron chi connectivity index (χ3n) is 4.62. The fourth-order valence-electron chi connectivity index (χ4n) is 3.33. The number of rotatable bonds is 3. The molecule has 0 bridgehead atoms. The van der Waals surface area contributed by atoms with Gasteiger partial charge < -0.3 is 20.9 Å². The molecule has 0 fully saturated rings. The van der Waals surface area contributed by atoms with Crippen LogP contribution in [-0.4, -0.2) is 35.3 Å². The van der Waals surface area contributed by atoms with Crippen molar-refractivity contribution in [1.29, 1.82) is 0 Å². The van der Waals surface area contributed by atoms with Crippen molar-refractivity contribution >= 4 is 62.3 Å². The highest BCUT2D eigenvalue weighted by atomic mass is 35.5. The quantitative estimate of drug-likeness (QED) is 0.597. The molecule has 9 heteroatoms. The summed E-state index contributed by atoms with van der Waals surface area (Å²) in [6.07, 6.45) is 0.733. The first-order chi connectivity index (χ1) is 12.8. The van der Waals surface area contributed by atoms with Crippen LogP contribution in [0.15, 0.2) is 18.2 Å². The maximum atomic E-state index is 12.8. The molecule has 1 aliphatic heterocycles. The van der Waals surface area contributed by atoms with Crippen LogP contribution in [0.1, 0.15) is 31.3 Å². The van der Waals surface area contributed by atoms with E-state index in [1.807, 2.05) is 7.05 Å². The van der Waals surface area contributed by atoms with E-state index in [1.165, 1.54) is 11.3 Å². The van der Waals surface area contributed by atoms with E-state index >= 15 is 0 Å². The molecule has 0 unspecified atom stereocenters. The average Bonchev–Trinajstić information content (AvgIpc) is 3.15. The van der Waals surface area contributed by atoms with Crippen LogP contribution in [0, 0.1) is 0 Å². The Bertz CT molecular complexity index is 1090. The third-order valence-corrected chi connectivity index (χ3v) is 6.28. The zero-order valence-corrected chi connectivity index (χ0v) is 16.7. The van der Waals surface area contributed by atoms with Crippen molar-refractivity contribution in [2.45, 2.75) is 13.0 Å². The summed E-state index contributed by atoms with van der Waals surface area (Å²) < 4.78 is 0. The van der Waals surface area contributed by atoms with Crippen LogP contribution in [0.25, 0.3) is 10.9 Å². The van der Waals surface area contributed by atoms with Gasteiger partial charge in [0.15, 0.2) is 0 Å². The van der Waals surface area contributed by atoms with Crippen LogP contribution >= 0.6 is 34.5 Å². The second-order valence-corrected chi connectivity index (χ2v) is 8.49. The number of nitrogens with two attached hydrogens (primary N) is 1. The molecular weight excluding hydrogens is 407 g/mol. The molecule has 3 heterocycles. The number of halogens is 2. The number of hydrogen-bond acceptors (Lipinski definition) is 4. The number of thiophene rings is 1. The van der Waals surface area contributed by atoms with Gasteiger partial charge in [-0.2, -0.15) is 0 Å². The largest absolute Gasteiger partial charge is 0.365 e. The summed E-state index contributed by atoms with van der Waals surface area (Å²) in [5.41, 5.74) is 7.93. The standard InChI is InChI=1S/C18H16Cl2N4O2S/c1-24-3-2-9-14(7-24)27-18(15(9)16(21)25)23-17(26)13-6-10-11(20)4-8(19)5-12(10)22-13/h4-6,22H,2-3,7H2,1H3,(H2,21,25)(H,23,26). The summed E-state index contributed by atoms with van der Waals surface area (Å²) in [5, 5.41) is 4.95. The third kappa shape index (κ3) is 3.32. The predicted molar refractivity (Wildman–Crippen MR) is 109 cm³/mol. The minimum absolute atomic E-state index is 0.327. The predicted octanol–water partition coefficient (Wildman–Crippen LogP) is 3.88. The lowest BCUT2D eigenvalue weighted by Gasteiger charge is -2.22. The lowest BCUT2D eigenvalue weighted by atomic mass is 10.0. The molecule has 0 atom stereocenters. The van der Waals surface area contributed by atoms with Crippen molar-refractivity contribution in [2.24, 2.45) is 5.73 Å². The number of benzene rings is 1. The topological polar surface area (TPSA) is 91.2 Å². The van der Waals surface area contributed by atoms with Gasteiger partial charge in [-0.25, -0.2) is 0 Å². The summed E-state index contributed by atoms with van der Waals surface area (Å²) in [7, 11) is 2.02. The molecule has 6 nitrogen and oxygen atoms in total. The number of carbonyl (C=O) groups excluding carboxylic acids is 2. The molecule has 1 aliphatic rings. The Labute approximate surface area is 169 Å². The van der Waals surface area contributed by atoms with Crippen LogP contribution in [0.4, 0.5) is 5.00 Å². The molecule has 27 heavy (non-hydrogen) atoms. The van der Waals surface area contributed by atoms with Gasteiger partial charge in [0.25, 0.3) is 11.8 Å². The van der Waals surface area contributed by atoms with Gasteiger partial charge in [-0.1, -0.05) is 23.2 Å². The van der Waals surface area contributed by atoms with Crippen molar-refractivity contribution < 1.29 is 9.59 Å². The van der Waals surface area contributed by atoms with Crippen LogP contribution in [-0.2, 0) is 13.0 Å². The highest BCUT2D eigenvalue weighted by Crippen LogP contribution is 2.37. The number of hydrogen-bond donors (Lipinski definition) is 3. The highest BCUT2D eigenvalue weighted by molar-refractivity contribution is 7.17. The van der Waals surface area contributed by atoms with Crippen LogP contribution < -0.4 is 11.1 Å². The Balaban J connectivity index is 1.69. The number of carbonyl (C=O) groups is 2. The second kappa shape index (κ2) is 6.83. The zero-order valence-electron chi connectivity index (χ0n) is 14.4. The van der Waals surface area contributed by atoms with Gasteiger partial charge in [0, 0.05) is 33.9 Å².